The highest BCUT2D eigenvalue weighted by atomic mass is 16.2. The maximum atomic E-state index is 13.2. The van der Waals surface area contributed by atoms with Gasteiger partial charge in [0, 0.05) is 44.5 Å². The first-order valence-corrected chi connectivity index (χ1v) is 11.3. The number of piperidine rings is 1. The van der Waals surface area contributed by atoms with Gasteiger partial charge in [0.2, 0.25) is 0 Å². The van der Waals surface area contributed by atoms with E-state index in [1.165, 1.54) is 19.0 Å². The molecule has 3 aliphatic rings. The number of fused-ring (bicyclic) bond motifs is 1. The first-order chi connectivity index (χ1) is 14.9. The molecule has 31 heavy (non-hydrogen) atoms. The van der Waals surface area contributed by atoms with Crippen molar-refractivity contribution >= 4 is 16.9 Å². The summed E-state index contributed by atoms with van der Waals surface area (Å²) in [4.78, 5) is 51.2. The third kappa shape index (κ3) is 3.80. The molecule has 3 fully saturated rings. The number of aromatic amines is 1. The monoisotopic (exact) mass is 426 g/mol. The van der Waals surface area contributed by atoms with Gasteiger partial charge in [0.05, 0.1) is 10.9 Å². The Morgan fingerprint density at radius 1 is 1.10 bits per heavy atom. The molecule has 1 unspecified atom stereocenters. The SMILES string of the molecule is CN1CCC(N2CCC(N(C)C(=O)c3cnc4c(c3)c(=O)[nH]c(=O)n4C3CC3)C2)CC1. The minimum absolute atomic E-state index is 0.0904. The number of hydrogen-bond acceptors (Lipinski definition) is 6. The Balaban J connectivity index is 1.34. The molecule has 2 aliphatic heterocycles. The molecule has 4 heterocycles. The number of nitrogens with zero attached hydrogens (tertiary/aromatic N) is 5. The first-order valence-electron chi connectivity index (χ1n) is 11.3. The van der Waals surface area contributed by atoms with Gasteiger partial charge in [-0.1, -0.05) is 0 Å². The summed E-state index contributed by atoms with van der Waals surface area (Å²) in [7, 11) is 4.01. The van der Waals surface area contributed by atoms with Crippen LogP contribution in [0, 0.1) is 0 Å². The van der Waals surface area contributed by atoms with E-state index < -0.39 is 11.2 Å². The zero-order valence-electron chi connectivity index (χ0n) is 18.2. The van der Waals surface area contributed by atoms with E-state index in [9.17, 15) is 14.4 Å². The molecular formula is C22H30N6O3. The van der Waals surface area contributed by atoms with Crippen molar-refractivity contribution in [3.63, 3.8) is 0 Å². The number of pyridine rings is 1. The smallest absolute Gasteiger partial charge is 0.330 e. The maximum Gasteiger partial charge on any atom is 0.330 e. The quantitative estimate of drug-likeness (QED) is 0.772. The number of H-pyrrole nitrogens is 1. The van der Waals surface area contributed by atoms with E-state index in [4.69, 9.17) is 0 Å². The van der Waals surface area contributed by atoms with Gasteiger partial charge in [-0.05, 0) is 58.3 Å². The zero-order chi connectivity index (χ0) is 21.7. The Morgan fingerprint density at radius 3 is 2.55 bits per heavy atom. The molecular weight excluding hydrogens is 396 g/mol. The molecule has 2 aromatic heterocycles. The van der Waals surface area contributed by atoms with Crippen molar-refractivity contribution in [1.29, 1.82) is 0 Å². The Kier molecular flexibility index (Phi) is 5.18. The van der Waals surface area contributed by atoms with E-state index >= 15 is 0 Å². The Hall–Kier alpha value is -2.52. The van der Waals surface area contributed by atoms with Crippen molar-refractivity contribution in [1.82, 2.24) is 29.2 Å². The average Bonchev–Trinajstić information content (AvgIpc) is 3.48. The molecule has 0 radical (unpaired) electrons. The van der Waals surface area contributed by atoms with Gasteiger partial charge in [-0.25, -0.2) is 9.78 Å². The highest BCUT2D eigenvalue weighted by Crippen LogP contribution is 2.34. The molecule has 2 saturated heterocycles. The minimum Gasteiger partial charge on any atom is -0.337 e. The van der Waals surface area contributed by atoms with E-state index in [-0.39, 0.29) is 18.0 Å². The maximum absolute atomic E-state index is 13.2. The van der Waals surface area contributed by atoms with Crippen LogP contribution in [0.5, 0.6) is 0 Å². The third-order valence-electron chi connectivity index (χ3n) is 7.21. The summed E-state index contributed by atoms with van der Waals surface area (Å²) < 4.78 is 1.55. The van der Waals surface area contributed by atoms with Crippen molar-refractivity contribution in [2.24, 2.45) is 0 Å². The normalized spacial score (nSPS) is 23.5. The molecule has 1 aliphatic carbocycles. The van der Waals surface area contributed by atoms with Crippen LogP contribution in [0.25, 0.3) is 11.0 Å². The first kappa shape index (κ1) is 20.4. The molecule has 0 spiro atoms. The molecule has 1 saturated carbocycles. The molecule has 5 rings (SSSR count). The summed E-state index contributed by atoms with van der Waals surface area (Å²) >= 11 is 0. The van der Waals surface area contributed by atoms with Gasteiger partial charge >= 0.3 is 5.69 Å². The van der Waals surface area contributed by atoms with Gasteiger partial charge in [0.25, 0.3) is 11.5 Å². The minimum atomic E-state index is -0.490. The Labute approximate surface area is 180 Å². The molecule has 9 nitrogen and oxygen atoms in total. The van der Waals surface area contributed by atoms with E-state index in [1.54, 1.807) is 15.5 Å². The van der Waals surface area contributed by atoms with Crippen LogP contribution in [0.3, 0.4) is 0 Å². The number of amides is 1. The summed E-state index contributed by atoms with van der Waals surface area (Å²) in [6.45, 7) is 4.16. The predicted molar refractivity (Wildman–Crippen MR) is 117 cm³/mol. The Bertz CT molecular complexity index is 1110. The fraction of sp³-hybridized carbons (Fsp3) is 0.636. The summed E-state index contributed by atoms with van der Waals surface area (Å²) in [5, 5.41) is 0.296. The van der Waals surface area contributed by atoms with Crippen LogP contribution in [0.2, 0.25) is 0 Å². The number of hydrogen-bond donors (Lipinski definition) is 1. The van der Waals surface area contributed by atoms with Crippen molar-refractivity contribution in [2.75, 3.05) is 40.3 Å². The highest BCUT2D eigenvalue weighted by Gasteiger charge is 2.34. The molecule has 0 aromatic carbocycles. The van der Waals surface area contributed by atoms with Gasteiger partial charge < -0.3 is 9.80 Å². The predicted octanol–water partition coefficient (Wildman–Crippen LogP) is 0.660. The average molecular weight is 427 g/mol. The van der Waals surface area contributed by atoms with Crippen molar-refractivity contribution < 1.29 is 4.79 Å². The van der Waals surface area contributed by atoms with Crippen LogP contribution in [-0.4, -0.2) is 87.5 Å². The second-order valence-electron chi connectivity index (χ2n) is 9.34. The highest BCUT2D eigenvalue weighted by molar-refractivity contribution is 5.96. The third-order valence-corrected chi connectivity index (χ3v) is 7.21. The van der Waals surface area contributed by atoms with Crippen molar-refractivity contribution in [2.45, 2.75) is 50.2 Å². The zero-order valence-corrected chi connectivity index (χ0v) is 18.2. The van der Waals surface area contributed by atoms with E-state index in [1.807, 2.05) is 7.05 Å². The second kappa shape index (κ2) is 7.87. The molecule has 9 heteroatoms. The fourth-order valence-electron chi connectivity index (χ4n) is 5.07. The number of nitrogens with one attached hydrogen (secondary N) is 1. The van der Waals surface area contributed by atoms with Crippen molar-refractivity contribution in [3.05, 3.63) is 38.7 Å². The molecule has 1 atom stereocenters. The number of carbonyl (C=O) groups excluding carboxylic acids is 1. The summed E-state index contributed by atoms with van der Waals surface area (Å²) in [6, 6.07) is 2.43. The van der Waals surface area contributed by atoms with Crippen LogP contribution in [0.4, 0.5) is 0 Å². The second-order valence-corrected chi connectivity index (χ2v) is 9.34. The number of aromatic nitrogens is 3. The van der Waals surface area contributed by atoms with E-state index in [0.29, 0.717) is 22.6 Å². The molecule has 0 bridgehead atoms. The lowest BCUT2D eigenvalue weighted by atomic mass is 10.0. The fourth-order valence-corrected chi connectivity index (χ4v) is 5.07. The van der Waals surface area contributed by atoms with Crippen LogP contribution < -0.4 is 11.2 Å². The lowest BCUT2D eigenvalue weighted by Gasteiger charge is -2.35. The van der Waals surface area contributed by atoms with Gasteiger partial charge in [-0.2, -0.15) is 0 Å². The van der Waals surface area contributed by atoms with Gasteiger partial charge in [0.1, 0.15) is 5.65 Å². The molecule has 2 aromatic rings. The van der Waals surface area contributed by atoms with E-state index in [0.717, 1.165) is 45.4 Å². The van der Waals surface area contributed by atoms with Gasteiger partial charge in [-0.15, -0.1) is 0 Å². The molecule has 1 N–H and O–H groups in total. The standard InChI is InChI=1S/C22H30N6O3/c1-25-8-5-15(6-9-25)27-10-7-17(13-27)26(2)21(30)14-11-18-19(23-12-14)28(16-3-4-16)22(31)24-20(18)29/h11-12,15-17H,3-10,13H2,1-2H3,(H,24,29,31). The largest absolute Gasteiger partial charge is 0.337 e. The summed E-state index contributed by atoms with van der Waals surface area (Å²) in [5.41, 5.74) is -0.163. The number of carbonyl (C=O) groups is 1. The van der Waals surface area contributed by atoms with E-state index in [2.05, 4.69) is 26.8 Å². The number of rotatable bonds is 4. The van der Waals surface area contributed by atoms with Crippen LogP contribution >= 0.6 is 0 Å². The van der Waals surface area contributed by atoms with Crippen molar-refractivity contribution in [3.8, 4) is 0 Å². The van der Waals surface area contributed by atoms with Crippen LogP contribution in [0.1, 0.15) is 48.5 Å². The summed E-state index contributed by atoms with van der Waals surface area (Å²) in [6.07, 6.45) is 6.63. The summed E-state index contributed by atoms with van der Waals surface area (Å²) in [5.74, 6) is -0.131. The molecule has 1 amide bonds. The van der Waals surface area contributed by atoms with Gasteiger partial charge in [-0.3, -0.25) is 24.0 Å². The number of likely N-dealkylation sites (N-methyl/N-ethyl adjacent to an activating group) is 1. The van der Waals surface area contributed by atoms with Crippen LogP contribution in [-0.2, 0) is 0 Å². The lowest BCUT2D eigenvalue weighted by Crippen LogP contribution is -2.45. The topological polar surface area (TPSA) is 94.5 Å². The Morgan fingerprint density at radius 2 is 1.84 bits per heavy atom. The van der Waals surface area contributed by atoms with Gasteiger partial charge in [0.15, 0.2) is 0 Å². The molecule has 166 valence electrons. The lowest BCUT2D eigenvalue weighted by molar-refractivity contribution is 0.0721. The van der Waals surface area contributed by atoms with Crippen LogP contribution in [0.15, 0.2) is 21.9 Å². The number of likely N-dealkylation sites (tertiary alicyclic amines) is 2.